The number of aromatic carboxylic acids is 1. The maximum absolute atomic E-state index is 12.1. The van der Waals surface area contributed by atoms with Crippen LogP contribution in [0.2, 0.25) is 0 Å². The largest absolute Gasteiger partial charge is 0.478 e. The van der Waals surface area contributed by atoms with Gasteiger partial charge in [0.2, 0.25) is 5.91 Å². The van der Waals surface area contributed by atoms with Gasteiger partial charge in [0.15, 0.2) is 0 Å². The quantitative estimate of drug-likeness (QED) is 0.482. The van der Waals surface area contributed by atoms with E-state index in [1.54, 1.807) is 0 Å². The number of carboxylic acids is 1. The first-order valence-corrected chi connectivity index (χ1v) is 9.84. The summed E-state index contributed by atoms with van der Waals surface area (Å²) in [6.45, 7) is 9.88. The molecule has 1 rings (SSSR count). The summed E-state index contributed by atoms with van der Waals surface area (Å²) in [5.41, 5.74) is 3.94. The maximum Gasteiger partial charge on any atom is 0.336 e. The van der Waals surface area contributed by atoms with Crippen LogP contribution in [0.15, 0.2) is 18.7 Å². The van der Waals surface area contributed by atoms with Crippen molar-refractivity contribution in [2.24, 2.45) is 0 Å². The van der Waals surface area contributed by atoms with Gasteiger partial charge in [0.05, 0.1) is 5.56 Å². The number of nitrogens with one attached hydrogen (secondary N) is 1. The number of carbonyl (C=O) groups is 2. The van der Waals surface area contributed by atoms with Crippen LogP contribution in [0, 0.1) is 0 Å². The second kappa shape index (κ2) is 11.5. The minimum atomic E-state index is -0.926. The fraction of sp³-hybridized carbons (Fsp3) is 0.545. The number of benzene rings is 1. The van der Waals surface area contributed by atoms with Gasteiger partial charge >= 0.3 is 5.97 Å². The average Bonchev–Trinajstić information content (AvgIpc) is 2.63. The summed E-state index contributed by atoms with van der Waals surface area (Å²) >= 11 is 0. The SMILES string of the molecule is C=CC(=O)Nc1c(CCCC)c(CCCC)cc(C(=O)O)c1CCCC. The fourth-order valence-electron chi connectivity index (χ4n) is 3.18. The summed E-state index contributed by atoms with van der Waals surface area (Å²) < 4.78 is 0. The van der Waals surface area contributed by atoms with Gasteiger partial charge in [-0.05, 0) is 67.4 Å². The van der Waals surface area contributed by atoms with Crippen LogP contribution in [-0.2, 0) is 24.1 Å². The summed E-state index contributed by atoms with van der Waals surface area (Å²) in [5, 5.41) is 12.7. The van der Waals surface area contributed by atoms with Gasteiger partial charge in [-0.15, -0.1) is 0 Å². The molecule has 0 bridgehead atoms. The van der Waals surface area contributed by atoms with Crippen LogP contribution in [0.1, 0.15) is 86.3 Å². The van der Waals surface area contributed by atoms with Crippen LogP contribution in [-0.4, -0.2) is 17.0 Å². The molecule has 0 spiro atoms. The van der Waals surface area contributed by atoms with Crippen molar-refractivity contribution in [1.82, 2.24) is 0 Å². The molecule has 4 nitrogen and oxygen atoms in total. The predicted molar refractivity (Wildman–Crippen MR) is 108 cm³/mol. The molecular formula is C22H33NO3. The Hall–Kier alpha value is -2.10. The summed E-state index contributed by atoms with van der Waals surface area (Å²) in [6, 6.07) is 1.84. The number of carboxylic acid groups (broad SMARTS) is 1. The highest BCUT2D eigenvalue weighted by Gasteiger charge is 2.21. The van der Waals surface area contributed by atoms with Gasteiger partial charge in [0, 0.05) is 5.69 Å². The van der Waals surface area contributed by atoms with E-state index in [-0.39, 0.29) is 5.91 Å². The Kier molecular flexibility index (Phi) is 9.71. The molecule has 0 fully saturated rings. The van der Waals surface area contributed by atoms with E-state index in [0.717, 1.165) is 68.1 Å². The first-order valence-electron chi connectivity index (χ1n) is 9.84. The summed E-state index contributed by atoms with van der Waals surface area (Å²) in [5.74, 6) is -1.21. The van der Waals surface area contributed by atoms with E-state index in [2.05, 4.69) is 32.7 Å². The molecule has 0 radical (unpaired) electrons. The van der Waals surface area contributed by atoms with Gasteiger partial charge in [-0.1, -0.05) is 46.6 Å². The van der Waals surface area contributed by atoms with Gasteiger partial charge in [0.1, 0.15) is 0 Å². The van der Waals surface area contributed by atoms with Crippen LogP contribution in [0.5, 0.6) is 0 Å². The van der Waals surface area contributed by atoms with Crippen LogP contribution < -0.4 is 5.32 Å². The topological polar surface area (TPSA) is 66.4 Å². The lowest BCUT2D eigenvalue weighted by molar-refractivity contribution is -0.111. The highest BCUT2D eigenvalue weighted by molar-refractivity contribution is 6.02. The monoisotopic (exact) mass is 359 g/mol. The molecule has 0 aliphatic rings. The molecular weight excluding hydrogens is 326 g/mol. The number of anilines is 1. The molecule has 0 saturated carbocycles. The van der Waals surface area contributed by atoms with Crippen LogP contribution in [0.4, 0.5) is 5.69 Å². The summed E-state index contributed by atoms with van der Waals surface area (Å²) in [4.78, 5) is 24.0. The van der Waals surface area contributed by atoms with Crippen LogP contribution in [0.3, 0.4) is 0 Å². The molecule has 1 amide bonds. The first kappa shape index (κ1) is 21.9. The molecule has 0 saturated heterocycles. The Morgan fingerprint density at radius 1 is 1.00 bits per heavy atom. The lowest BCUT2D eigenvalue weighted by atomic mass is 9.88. The lowest BCUT2D eigenvalue weighted by Crippen LogP contribution is -2.17. The number of rotatable bonds is 12. The smallest absolute Gasteiger partial charge is 0.336 e. The number of aryl methyl sites for hydroxylation is 1. The van der Waals surface area contributed by atoms with Crippen molar-refractivity contribution >= 4 is 17.6 Å². The lowest BCUT2D eigenvalue weighted by Gasteiger charge is -2.21. The highest BCUT2D eigenvalue weighted by atomic mass is 16.4. The first-order chi connectivity index (χ1) is 12.5. The molecule has 2 N–H and O–H groups in total. The number of carbonyl (C=O) groups excluding carboxylic acids is 1. The highest BCUT2D eigenvalue weighted by Crippen LogP contribution is 2.33. The van der Waals surface area contributed by atoms with E-state index >= 15 is 0 Å². The van der Waals surface area contributed by atoms with Crippen molar-refractivity contribution in [3.63, 3.8) is 0 Å². The third kappa shape index (κ3) is 6.01. The Morgan fingerprint density at radius 2 is 1.54 bits per heavy atom. The van der Waals surface area contributed by atoms with Gasteiger partial charge in [0.25, 0.3) is 0 Å². The van der Waals surface area contributed by atoms with E-state index in [1.807, 2.05) is 6.07 Å². The zero-order valence-electron chi connectivity index (χ0n) is 16.5. The molecule has 1 aromatic rings. The normalized spacial score (nSPS) is 10.6. The summed E-state index contributed by atoms with van der Waals surface area (Å²) in [7, 11) is 0. The molecule has 0 atom stereocenters. The van der Waals surface area contributed by atoms with Crippen LogP contribution in [0.25, 0.3) is 0 Å². The number of hydrogen-bond donors (Lipinski definition) is 2. The predicted octanol–water partition coefficient (Wildman–Crippen LogP) is 5.54. The molecule has 0 aliphatic carbocycles. The molecule has 26 heavy (non-hydrogen) atoms. The van der Waals surface area contributed by atoms with Gasteiger partial charge in [-0.25, -0.2) is 4.79 Å². The van der Waals surface area contributed by atoms with Crippen molar-refractivity contribution in [1.29, 1.82) is 0 Å². The van der Waals surface area contributed by atoms with Crippen molar-refractivity contribution in [2.75, 3.05) is 5.32 Å². The third-order valence-electron chi connectivity index (χ3n) is 4.66. The van der Waals surface area contributed by atoms with Gasteiger partial charge in [-0.3, -0.25) is 4.79 Å². The van der Waals surface area contributed by atoms with E-state index in [0.29, 0.717) is 17.7 Å². The van der Waals surface area contributed by atoms with Gasteiger partial charge in [-0.2, -0.15) is 0 Å². The van der Waals surface area contributed by atoms with Crippen molar-refractivity contribution in [2.45, 2.75) is 78.6 Å². The number of amides is 1. The van der Waals surface area contributed by atoms with Crippen molar-refractivity contribution in [3.8, 4) is 0 Å². The van der Waals surface area contributed by atoms with E-state index in [9.17, 15) is 14.7 Å². The number of hydrogen-bond acceptors (Lipinski definition) is 2. The molecule has 0 unspecified atom stereocenters. The minimum Gasteiger partial charge on any atom is -0.478 e. The second-order valence-corrected chi connectivity index (χ2v) is 6.72. The number of unbranched alkanes of at least 4 members (excludes halogenated alkanes) is 3. The molecule has 144 valence electrons. The van der Waals surface area contributed by atoms with E-state index in [4.69, 9.17) is 0 Å². The Balaban J connectivity index is 3.61. The molecule has 0 aliphatic heterocycles. The van der Waals surface area contributed by atoms with Crippen LogP contribution >= 0.6 is 0 Å². The molecule has 1 aromatic carbocycles. The van der Waals surface area contributed by atoms with E-state index in [1.165, 1.54) is 6.08 Å². The molecule has 0 heterocycles. The zero-order valence-corrected chi connectivity index (χ0v) is 16.5. The zero-order chi connectivity index (χ0) is 19.5. The fourth-order valence-corrected chi connectivity index (χ4v) is 3.18. The maximum atomic E-state index is 12.1. The Morgan fingerprint density at radius 3 is 2.04 bits per heavy atom. The average molecular weight is 360 g/mol. The van der Waals surface area contributed by atoms with Gasteiger partial charge < -0.3 is 10.4 Å². The Labute approximate surface area is 157 Å². The van der Waals surface area contributed by atoms with Crippen molar-refractivity contribution < 1.29 is 14.7 Å². The third-order valence-corrected chi connectivity index (χ3v) is 4.66. The molecule has 0 aromatic heterocycles. The standard InChI is InChI=1S/C22H33NO3/c1-5-9-12-16-15-19(22(25)26)18(14-11-7-3)21(23-20(24)8-4)17(16)13-10-6-2/h8,15H,4-7,9-14H2,1-3H3,(H,23,24)(H,25,26). The Bertz CT molecular complexity index is 635. The minimum absolute atomic E-state index is 0.288. The second-order valence-electron chi connectivity index (χ2n) is 6.72. The van der Waals surface area contributed by atoms with Crippen molar-refractivity contribution in [3.05, 3.63) is 41.0 Å². The van der Waals surface area contributed by atoms with E-state index < -0.39 is 5.97 Å². The summed E-state index contributed by atoms with van der Waals surface area (Å²) in [6.07, 6.45) is 9.53. The molecule has 4 heteroatoms.